The van der Waals surface area contributed by atoms with Crippen LogP contribution in [0, 0.1) is 0 Å². The second-order valence-electron chi connectivity index (χ2n) is 11.3. The Morgan fingerprint density at radius 1 is 0.436 bits per heavy atom. The van der Waals surface area contributed by atoms with E-state index in [4.69, 9.17) is 5.11 Å². The highest BCUT2D eigenvalue weighted by atomic mass is 16.4. The second kappa shape index (κ2) is 38.8. The molecule has 0 radical (unpaired) electrons. The second-order valence-corrected chi connectivity index (χ2v) is 11.3. The van der Waals surface area contributed by atoms with Crippen molar-refractivity contribution in [2.24, 2.45) is 0 Å². The molecule has 0 aliphatic carbocycles. The van der Waals surface area contributed by atoms with Crippen molar-refractivity contribution >= 4 is 12.3 Å². The lowest BCUT2D eigenvalue weighted by Gasteiger charge is -2.02. The molecule has 0 aliphatic rings. The van der Waals surface area contributed by atoms with Gasteiger partial charge < -0.3 is 9.90 Å². The number of aliphatic carboxylic acids is 1. The summed E-state index contributed by atoms with van der Waals surface area (Å²) in [6.45, 7) is 4.50. The van der Waals surface area contributed by atoms with Crippen molar-refractivity contribution in [2.75, 3.05) is 0 Å². The highest BCUT2D eigenvalue weighted by Gasteiger charge is 1.97. The van der Waals surface area contributed by atoms with Crippen LogP contribution in [0.25, 0.3) is 0 Å². The average molecular weight is 549 g/mol. The van der Waals surface area contributed by atoms with E-state index in [2.05, 4.69) is 38.2 Å². The minimum atomic E-state index is -0.656. The van der Waals surface area contributed by atoms with Gasteiger partial charge in [0, 0.05) is 12.8 Å². The summed E-state index contributed by atoms with van der Waals surface area (Å²) in [5.74, 6) is -0.656. The van der Waals surface area contributed by atoms with Crippen LogP contribution in [0.4, 0.5) is 0 Å². The van der Waals surface area contributed by atoms with Gasteiger partial charge in [0.2, 0.25) is 0 Å². The van der Waals surface area contributed by atoms with Gasteiger partial charge in [0.25, 0.3) is 0 Å². The van der Waals surface area contributed by atoms with E-state index in [9.17, 15) is 9.59 Å². The number of carboxylic acids is 1. The van der Waals surface area contributed by atoms with Crippen LogP contribution in [0.15, 0.2) is 24.3 Å². The van der Waals surface area contributed by atoms with E-state index < -0.39 is 5.97 Å². The Morgan fingerprint density at radius 3 is 1.10 bits per heavy atom. The highest BCUT2D eigenvalue weighted by molar-refractivity contribution is 5.66. The third-order valence-electron chi connectivity index (χ3n) is 7.24. The van der Waals surface area contributed by atoms with Crippen LogP contribution in [0.3, 0.4) is 0 Å². The zero-order valence-corrected chi connectivity index (χ0v) is 26.4. The minimum Gasteiger partial charge on any atom is -0.481 e. The number of aldehydes is 1. The maximum atomic E-state index is 10.4. The summed E-state index contributed by atoms with van der Waals surface area (Å²) in [5.41, 5.74) is 0. The van der Waals surface area contributed by atoms with E-state index in [0.717, 1.165) is 32.0 Å². The summed E-state index contributed by atoms with van der Waals surface area (Å²) in [6, 6.07) is 0. The largest absolute Gasteiger partial charge is 0.481 e. The summed E-state index contributed by atoms with van der Waals surface area (Å²) < 4.78 is 0. The van der Waals surface area contributed by atoms with Gasteiger partial charge in [0.05, 0.1) is 0 Å². The topological polar surface area (TPSA) is 54.4 Å². The van der Waals surface area contributed by atoms with Crippen LogP contribution in [0.1, 0.15) is 194 Å². The predicted octanol–water partition coefficient (Wildman–Crippen LogP) is 12.3. The first-order valence-corrected chi connectivity index (χ1v) is 17.1. The van der Waals surface area contributed by atoms with Gasteiger partial charge in [0.15, 0.2) is 0 Å². The highest BCUT2D eigenvalue weighted by Crippen LogP contribution is 2.13. The number of carboxylic acid groups (broad SMARTS) is 1. The van der Waals surface area contributed by atoms with Crippen LogP contribution in [0.2, 0.25) is 0 Å². The van der Waals surface area contributed by atoms with E-state index in [1.54, 1.807) is 0 Å². The van der Waals surface area contributed by atoms with Crippen LogP contribution >= 0.6 is 0 Å². The molecule has 230 valence electrons. The lowest BCUT2D eigenvalue weighted by Crippen LogP contribution is -1.93. The fourth-order valence-corrected chi connectivity index (χ4v) is 4.63. The van der Waals surface area contributed by atoms with Crippen molar-refractivity contribution in [2.45, 2.75) is 194 Å². The van der Waals surface area contributed by atoms with Gasteiger partial charge in [-0.25, -0.2) is 0 Å². The van der Waals surface area contributed by atoms with Crippen molar-refractivity contribution < 1.29 is 14.7 Å². The van der Waals surface area contributed by atoms with Crippen LogP contribution in [-0.4, -0.2) is 17.4 Å². The number of carbonyl (C=O) groups excluding carboxylic acids is 1. The molecule has 0 aromatic heterocycles. The predicted molar refractivity (Wildman–Crippen MR) is 173 cm³/mol. The molecule has 0 spiro atoms. The van der Waals surface area contributed by atoms with Crippen molar-refractivity contribution in [1.82, 2.24) is 0 Å². The van der Waals surface area contributed by atoms with Gasteiger partial charge in [-0.05, 0) is 57.8 Å². The van der Waals surface area contributed by atoms with Gasteiger partial charge in [-0.2, -0.15) is 0 Å². The minimum absolute atomic E-state index is 0.341. The number of hydrogen-bond donors (Lipinski definition) is 1. The molecule has 0 fully saturated rings. The third-order valence-corrected chi connectivity index (χ3v) is 7.24. The Labute approximate surface area is 244 Å². The van der Waals surface area contributed by atoms with Gasteiger partial charge in [-0.15, -0.1) is 0 Å². The van der Waals surface area contributed by atoms with E-state index in [1.165, 1.54) is 148 Å². The van der Waals surface area contributed by atoms with Gasteiger partial charge in [-0.1, -0.05) is 147 Å². The van der Waals surface area contributed by atoms with Gasteiger partial charge >= 0.3 is 5.97 Å². The molecule has 0 saturated carbocycles. The normalized spacial score (nSPS) is 11.2. The Balaban J connectivity index is 0. The first kappa shape index (κ1) is 39.8. The van der Waals surface area contributed by atoms with Crippen molar-refractivity contribution in [3.63, 3.8) is 0 Å². The quantitative estimate of drug-likeness (QED) is 0.0551. The first-order chi connectivity index (χ1) is 19.2. The summed E-state index contributed by atoms with van der Waals surface area (Å²) in [6.07, 6.45) is 44.8. The molecular weight excluding hydrogens is 480 g/mol. The van der Waals surface area contributed by atoms with Crippen molar-refractivity contribution in [1.29, 1.82) is 0 Å². The number of hydrogen-bond acceptors (Lipinski definition) is 2. The van der Waals surface area contributed by atoms with E-state index in [-0.39, 0.29) is 0 Å². The Kier molecular flexibility index (Phi) is 39.5. The zero-order valence-electron chi connectivity index (χ0n) is 26.4. The summed E-state index contributed by atoms with van der Waals surface area (Å²) in [4.78, 5) is 20.5. The maximum absolute atomic E-state index is 10.4. The Morgan fingerprint density at radius 2 is 0.744 bits per heavy atom. The van der Waals surface area contributed by atoms with Crippen molar-refractivity contribution in [3.05, 3.63) is 24.3 Å². The number of carbonyl (C=O) groups is 2. The summed E-state index contributed by atoms with van der Waals surface area (Å²) in [5, 5.41) is 8.54. The molecule has 0 heterocycles. The molecular formula is C36H68O3. The number of rotatable bonds is 30. The SMILES string of the molecule is CCCC/C=C\CCCCCCCCCCCCCC(=O)O.CCCCCC/C=C\CCCCCCCC=O. The standard InChI is InChI=1S/C20H38O2.C16H30O/c1-2-3-4-5-6-7-8-9-10-11-12-13-14-15-16-17-18-19-20(21)22;1-2-3-4-5-6-7-8-9-10-11-12-13-14-15-16-17/h5-6H,2-4,7-19H2,1H3,(H,21,22);7-8,16H,2-6,9-15H2,1H3/b6-5-;8-7-. The molecule has 0 aromatic rings. The smallest absolute Gasteiger partial charge is 0.303 e. The van der Waals surface area contributed by atoms with E-state index in [0.29, 0.717) is 6.42 Å². The molecule has 0 atom stereocenters. The first-order valence-electron chi connectivity index (χ1n) is 17.1. The molecule has 3 nitrogen and oxygen atoms in total. The lowest BCUT2D eigenvalue weighted by molar-refractivity contribution is -0.137. The molecule has 0 unspecified atom stereocenters. The average Bonchev–Trinajstić information content (AvgIpc) is 2.93. The summed E-state index contributed by atoms with van der Waals surface area (Å²) >= 11 is 0. The van der Waals surface area contributed by atoms with Crippen LogP contribution in [-0.2, 0) is 9.59 Å². The molecule has 39 heavy (non-hydrogen) atoms. The zero-order chi connectivity index (χ0) is 28.9. The molecule has 0 bridgehead atoms. The molecule has 0 rings (SSSR count). The molecule has 0 saturated heterocycles. The van der Waals surface area contributed by atoms with Crippen LogP contribution < -0.4 is 0 Å². The Hall–Kier alpha value is -1.38. The summed E-state index contributed by atoms with van der Waals surface area (Å²) in [7, 11) is 0. The van der Waals surface area contributed by atoms with E-state index in [1.807, 2.05) is 0 Å². The maximum Gasteiger partial charge on any atom is 0.303 e. The fourth-order valence-electron chi connectivity index (χ4n) is 4.63. The lowest BCUT2D eigenvalue weighted by atomic mass is 10.0. The van der Waals surface area contributed by atoms with Crippen LogP contribution in [0.5, 0.6) is 0 Å². The Bertz CT molecular complexity index is 523. The molecule has 0 aromatic carbocycles. The number of unbranched alkanes of at least 4 members (excludes halogenated alkanes) is 23. The molecule has 3 heteroatoms. The van der Waals surface area contributed by atoms with Gasteiger partial charge in [-0.3, -0.25) is 4.79 Å². The van der Waals surface area contributed by atoms with E-state index >= 15 is 0 Å². The number of allylic oxidation sites excluding steroid dienone is 4. The van der Waals surface area contributed by atoms with Crippen molar-refractivity contribution in [3.8, 4) is 0 Å². The monoisotopic (exact) mass is 549 g/mol. The molecule has 1 N–H and O–H groups in total. The molecule has 0 aliphatic heterocycles. The molecule has 0 amide bonds. The fraction of sp³-hybridized carbons (Fsp3) is 0.833. The van der Waals surface area contributed by atoms with Gasteiger partial charge in [0.1, 0.15) is 6.29 Å². The third kappa shape index (κ3) is 43.9.